The number of anilines is 2. The highest BCUT2D eigenvalue weighted by Gasteiger charge is 2.39. The normalized spacial score (nSPS) is 19.0. The van der Waals surface area contributed by atoms with E-state index in [4.69, 9.17) is 0 Å². The fraction of sp³-hybridized carbons (Fsp3) is 0.350. The van der Waals surface area contributed by atoms with Crippen LogP contribution in [0.25, 0.3) is 0 Å². The summed E-state index contributed by atoms with van der Waals surface area (Å²) in [5.41, 5.74) is 1.33. The van der Waals surface area contributed by atoms with Crippen molar-refractivity contribution in [2.24, 2.45) is 5.92 Å². The first-order valence-corrected chi connectivity index (χ1v) is 9.39. The molecule has 1 unspecified atom stereocenters. The van der Waals surface area contributed by atoms with Crippen molar-refractivity contribution in [1.82, 2.24) is 4.98 Å². The number of hydrogen-bond donors (Lipinski definition) is 2. The zero-order chi connectivity index (χ0) is 19.7. The Labute approximate surface area is 161 Å². The van der Waals surface area contributed by atoms with Gasteiger partial charge < -0.3 is 10.6 Å². The molecule has 0 bridgehead atoms. The molecule has 1 atom stereocenters. The maximum Gasteiger partial charge on any atom is 0.293 e. The quantitative estimate of drug-likeness (QED) is 0.617. The molecule has 1 saturated carbocycles. The molecule has 2 N–H and O–H groups in total. The van der Waals surface area contributed by atoms with Crippen LogP contribution in [0.3, 0.4) is 0 Å². The van der Waals surface area contributed by atoms with Crippen LogP contribution in [0.2, 0.25) is 0 Å². The number of benzene rings is 1. The Morgan fingerprint density at radius 2 is 2.04 bits per heavy atom. The Bertz CT molecular complexity index is 939. The van der Waals surface area contributed by atoms with E-state index < -0.39 is 10.8 Å². The topological polar surface area (TPSA) is 114 Å². The summed E-state index contributed by atoms with van der Waals surface area (Å²) in [4.78, 5) is 40.0. The molecule has 144 valence electrons. The zero-order valence-corrected chi connectivity index (χ0v) is 15.2. The van der Waals surface area contributed by atoms with E-state index in [9.17, 15) is 19.7 Å². The molecule has 0 spiro atoms. The molecule has 2 amide bonds. The SMILES string of the molecule is O=C(Nc1cc2c(cc1[N+](=O)[O-])C(C1CCCCC1)C(=O)N2)c1cccnc1. The molecule has 8 nitrogen and oxygen atoms in total. The molecule has 4 rings (SSSR count). The molecule has 2 heterocycles. The molecule has 1 aromatic heterocycles. The van der Waals surface area contributed by atoms with E-state index in [1.807, 2.05) is 0 Å². The van der Waals surface area contributed by atoms with Crippen LogP contribution >= 0.6 is 0 Å². The van der Waals surface area contributed by atoms with Crippen LogP contribution in [0.15, 0.2) is 36.7 Å². The minimum Gasteiger partial charge on any atom is -0.325 e. The Morgan fingerprint density at radius 1 is 1.25 bits per heavy atom. The smallest absolute Gasteiger partial charge is 0.293 e. The van der Waals surface area contributed by atoms with E-state index in [0.29, 0.717) is 16.8 Å². The fourth-order valence-electron chi connectivity index (χ4n) is 4.20. The molecule has 0 radical (unpaired) electrons. The monoisotopic (exact) mass is 380 g/mol. The number of nitro benzene ring substituents is 1. The van der Waals surface area contributed by atoms with Gasteiger partial charge in [0.1, 0.15) is 5.69 Å². The minimum atomic E-state index is -0.528. The van der Waals surface area contributed by atoms with Crippen LogP contribution in [0.1, 0.15) is 53.9 Å². The highest BCUT2D eigenvalue weighted by Crippen LogP contribution is 2.46. The van der Waals surface area contributed by atoms with E-state index in [2.05, 4.69) is 15.6 Å². The van der Waals surface area contributed by atoms with Crippen LogP contribution < -0.4 is 10.6 Å². The summed E-state index contributed by atoms with van der Waals surface area (Å²) in [7, 11) is 0. The molecule has 8 heteroatoms. The van der Waals surface area contributed by atoms with Gasteiger partial charge >= 0.3 is 0 Å². The maximum absolute atomic E-state index is 12.6. The van der Waals surface area contributed by atoms with Crippen LogP contribution in [-0.4, -0.2) is 21.7 Å². The van der Waals surface area contributed by atoms with Crippen LogP contribution in [0.4, 0.5) is 17.1 Å². The van der Waals surface area contributed by atoms with Gasteiger partial charge in [0.05, 0.1) is 16.4 Å². The van der Waals surface area contributed by atoms with Crippen molar-refractivity contribution < 1.29 is 14.5 Å². The van der Waals surface area contributed by atoms with Crippen molar-refractivity contribution in [3.05, 3.63) is 57.9 Å². The van der Waals surface area contributed by atoms with Crippen LogP contribution in [0, 0.1) is 16.0 Å². The first kappa shape index (κ1) is 18.1. The lowest BCUT2D eigenvalue weighted by atomic mass is 9.77. The van der Waals surface area contributed by atoms with Crippen molar-refractivity contribution in [3.8, 4) is 0 Å². The summed E-state index contributed by atoms with van der Waals surface area (Å²) >= 11 is 0. The van der Waals surface area contributed by atoms with Gasteiger partial charge in [0.25, 0.3) is 11.6 Å². The van der Waals surface area contributed by atoms with Gasteiger partial charge in [-0.2, -0.15) is 0 Å². The van der Waals surface area contributed by atoms with Crippen molar-refractivity contribution in [2.75, 3.05) is 10.6 Å². The third kappa shape index (κ3) is 3.33. The molecular weight excluding hydrogens is 360 g/mol. The number of hydrogen-bond acceptors (Lipinski definition) is 5. The average Bonchev–Trinajstić information content (AvgIpc) is 3.03. The molecule has 2 aliphatic rings. The van der Waals surface area contributed by atoms with E-state index in [1.54, 1.807) is 12.1 Å². The minimum absolute atomic E-state index is 0.0576. The second-order valence-electron chi connectivity index (χ2n) is 7.27. The fourth-order valence-corrected chi connectivity index (χ4v) is 4.20. The molecule has 0 saturated heterocycles. The van der Waals surface area contributed by atoms with Crippen LogP contribution in [0.5, 0.6) is 0 Å². The van der Waals surface area contributed by atoms with Crippen molar-refractivity contribution in [1.29, 1.82) is 0 Å². The second kappa shape index (κ2) is 7.38. The van der Waals surface area contributed by atoms with Gasteiger partial charge in [-0.05, 0) is 42.5 Å². The lowest BCUT2D eigenvalue weighted by molar-refractivity contribution is -0.384. The highest BCUT2D eigenvalue weighted by atomic mass is 16.6. The zero-order valence-electron chi connectivity index (χ0n) is 15.2. The lowest BCUT2D eigenvalue weighted by Crippen LogP contribution is -2.22. The van der Waals surface area contributed by atoms with E-state index in [-0.39, 0.29) is 29.1 Å². The van der Waals surface area contributed by atoms with Gasteiger partial charge in [-0.25, -0.2) is 0 Å². The lowest BCUT2D eigenvalue weighted by Gasteiger charge is -2.26. The number of nitrogens with one attached hydrogen (secondary N) is 2. The van der Waals surface area contributed by atoms with E-state index in [1.165, 1.54) is 24.5 Å². The van der Waals surface area contributed by atoms with E-state index >= 15 is 0 Å². The third-order valence-corrected chi connectivity index (χ3v) is 5.53. The molecular formula is C20H20N4O4. The van der Waals surface area contributed by atoms with E-state index in [0.717, 1.165) is 32.1 Å². The number of aromatic nitrogens is 1. The number of rotatable bonds is 4. The first-order chi connectivity index (χ1) is 13.5. The Kier molecular flexibility index (Phi) is 4.77. The first-order valence-electron chi connectivity index (χ1n) is 9.39. The Hall–Kier alpha value is -3.29. The van der Waals surface area contributed by atoms with Crippen molar-refractivity contribution in [3.63, 3.8) is 0 Å². The van der Waals surface area contributed by atoms with Crippen LogP contribution in [-0.2, 0) is 4.79 Å². The summed E-state index contributed by atoms with van der Waals surface area (Å²) in [5, 5.41) is 17.1. The number of nitro groups is 1. The molecule has 2 aromatic rings. The number of nitrogens with zero attached hydrogens (tertiary/aromatic N) is 2. The van der Waals surface area contributed by atoms with Gasteiger partial charge in [-0.1, -0.05) is 19.3 Å². The largest absolute Gasteiger partial charge is 0.325 e. The van der Waals surface area contributed by atoms with Gasteiger partial charge in [0, 0.05) is 24.1 Å². The van der Waals surface area contributed by atoms with Gasteiger partial charge in [0.2, 0.25) is 5.91 Å². The average molecular weight is 380 g/mol. The molecule has 28 heavy (non-hydrogen) atoms. The molecule has 1 aromatic carbocycles. The summed E-state index contributed by atoms with van der Waals surface area (Å²) in [5.74, 6) is -0.779. The summed E-state index contributed by atoms with van der Waals surface area (Å²) in [6.07, 6.45) is 8.13. The predicted molar refractivity (Wildman–Crippen MR) is 103 cm³/mol. The predicted octanol–water partition coefficient (Wildman–Crippen LogP) is 3.86. The van der Waals surface area contributed by atoms with Crippen molar-refractivity contribution in [2.45, 2.75) is 38.0 Å². The number of fused-ring (bicyclic) bond motifs is 1. The second-order valence-corrected chi connectivity index (χ2v) is 7.27. The van der Waals surface area contributed by atoms with Crippen molar-refractivity contribution >= 4 is 28.9 Å². The third-order valence-electron chi connectivity index (χ3n) is 5.53. The summed E-state index contributed by atoms with van der Waals surface area (Å²) in [6, 6.07) is 6.11. The number of pyridine rings is 1. The Balaban J connectivity index is 1.68. The number of carbonyl (C=O) groups excluding carboxylic acids is 2. The summed E-state index contributed by atoms with van der Waals surface area (Å²) < 4.78 is 0. The van der Waals surface area contributed by atoms with Gasteiger partial charge in [-0.3, -0.25) is 24.7 Å². The Morgan fingerprint density at radius 3 is 2.71 bits per heavy atom. The highest BCUT2D eigenvalue weighted by molar-refractivity contribution is 6.08. The number of amides is 2. The maximum atomic E-state index is 12.6. The molecule has 1 aliphatic carbocycles. The molecule has 1 aliphatic heterocycles. The summed E-state index contributed by atoms with van der Waals surface area (Å²) in [6.45, 7) is 0. The number of carbonyl (C=O) groups is 2. The van der Waals surface area contributed by atoms with Gasteiger partial charge in [-0.15, -0.1) is 0 Å². The van der Waals surface area contributed by atoms with Gasteiger partial charge in [0.15, 0.2) is 0 Å². The molecule has 1 fully saturated rings. The standard InChI is InChI=1S/C20H20N4O4/c25-19(13-7-4-8-21-11-13)23-16-10-15-14(9-17(16)24(27)28)18(20(26)22-15)12-5-2-1-3-6-12/h4,7-12,18H,1-3,5-6H2,(H,22,26)(H,23,25).